The molecule has 2 heterocycles. The molecule has 1 amide bonds. The minimum atomic E-state index is -0.134. The molecule has 0 bridgehead atoms. The first kappa shape index (κ1) is 20.6. The number of carbonyl (C=O) groups excluding carboxylic acids is 1. The van der Waals surface area contributed by atoms with E-state index in [9.17, 15) is 4.79 Å². The summed E-state index contributed by atoms with van der Waals surface area (Å²) in [5.74, 6) is 0.170. The Morgan fingerprint density at radius 2 is 1.42 bits per heavy atom. The fourth-order valence-electron chi connectivity index (χ4n) is 4.91. The molecule has 2 aliphatic rings. The quantitative estimate of drug-likeness (QED) is 0.261. The normalized spacial score (nSPS) is 16.7. The highest BCUT2D eigenvalue weighted by Gasteiger charge is 2.34. The van der Waals surface area contributed by atoms with Crippen LogP contribution in [0.15, 0.2) is 99.6 Å². The second-order valence-electron chi connectivity index (χ2n) is 8.65. The summed E-state index contributed by atoms with van der Waals surface area (Å²) in [5, 5.41) is 2.36. The van der Waals surface area contributed by atoms with Gasteiger partial charge in [0.05, 0.1) is 5.25 Å². The summed E-state index contributed by atoms with van der Waals surface area (Å²) in [4.78, 5) is 18.6. The molecule has 162 valence electrons. The van der Waals surface area contributed by atoms with E-state index in [2.05, 4.69) is 84.9 Å². The number of hydrogen-bond acceptors (Lipinski definition) is 3. The van der Waals surface area contributed by atoms with Crippen molar-refractivity contribution in [1.82, 2.24) is 4.90 Å². The first-order chi connectivity index (χ1) is 16.1. The Morgan fingerprint density at radius 3 is 2.12 bits per heavy atom. The molecule has 0 saturated heterocycles. The first-order valence-corrected chi connectivity index (χ1v) is 12.8. The third-order valence-corrected chi connectivity index (χ3v) is 8.80. The Kier molecular flexibility index (Phi) is 5.08. The Hall–Kier alpha value is -2.95. The minimum Gasteiger partial charge on any atom is -0.348 e. The van der Waals surface area contributed by atoms with Crippen molar-refractivity contribution >= 4 is 51.3 Å². The van der Waals surface area contributed by atoms with Crippen molar-refractivity contribution in [1.29, 1.82) is 0 Å². The van der Waals surface area contributed by atoms with Gasteiger partial charge in [-0.1, -0.05) is 78.5 Å². The van der Waals surface area contributed by atoms with Gasteiger partial charge in [0.25, 0.3) is 0 Å². The molecule has 0 aliphatic carbocycles. The number of thioether (sulfide) groups is 1. The van der Waals surface area contributed by atoms with E-state index >= 15 is 0 Å². The molecule has 0 spiro atoms. The second-order valence-corrected chi connectivity index (χ2v) is 11.0. The van der Waals surface area contributed by atoms with Crippen LogP contribution in [0.3, 0.4) is 0 Å². The van der Waals surface area contributed by atoms with Crippen molar-refractivity contribution in [3.8, 4) is 0 Å². The maximum absolute atomic E-state index is 13.2. The predicted molar refractivity (Wildman–Crippen MR) is 140 cm³/mol. The molecule has 4 aromatic rings. The fourth-order valence-corrected chi connectivity index (χ4v) is 7.37. The third-order valence-electron chi connectivity index (χ3n) is 6.40. The molecular formula is C29H23NOS2. The third kappa shape index (κ3) is 3.40. The van der Waals surface area contributed by atoms with Crippen LogP contribution in [0.4, 0.5) is 0 Å². The number of carbonyl (C=O) groups is 1. The summed E-state index contributed by atoms with van der Waals surface area (Å²) in [7, 11) is 3.71. The van der Waals surface area contributed by atoms with Crippen molar-refractivity contribution in [2.75, 3.05) is 14.1 Å². The molecule has 0 aromatic heterocycles. The van der Waals surface area contributed by atoms with Gasteiger partial charge < -0.3 is 4.90 Å². The predicted octanol–water partition coefficient (Wildman–Crippen LogP) is 7.22. The van der Waals surface area contributed by atoms with Crippen LogP contribution in [-0.4, -0.2) is 30.2 Å². The summed E-state index contributed by atoms with van der Waals surface area (Å²) < 4.78 is 0. The molecule has 1 atom stereocenters. The summed E-state index contributed by atoms with van der Waals surface area (Å²) >= 11 is 3.54. The van der Waals surface area contributed by atoms with Gasteiger partial charge in [-0.15, -0.1) is 11.8 Å². The van der Waals surface area contributed by atoms with Crippen molar-refractivity contribution < 1.29 is 4.79 Å². The lowest BCUT2D eigenvalue weighted by atomic mass is 9.84. The van der Waals surface area contributed by atoms with Crippen LogP contribution in [0.2, 0.25) is 0 Å². The zero-order valence-electron chi connectivity index (χ0n) is 18.5. The van der Waals surface area contributed by atoms with E-state index < -0.39 is 0 Å². The van der Waals surface area contributed by atoms with Crippen LogP contribution in [-0.2, 0) is 4.79 Å². The molecule has 2 aliphatic heterocycles. The van der Waals surface area contributed by atoms with E-state index in [1.54, 1.807) is 16.7 Å². The van der Waals surface area contributed by atoms with Gasteiger partial charge in [0, 0.05) is 28.8 Å². The Labute approximate surface area is 202 Å². The van der Waals surface area contributed by atoms with Crippen molar-refractivity contribution in [2.45, 2.75) is 26.4 Å². The van der Waals surface area contributed by atoms with Crippen LogP contribution in [0.25, 0.3) is 21.9 Å². The SMILES string of the molecule is CN(C)C(=O)[C@@H]1CC(=C2c3ccccc3Sc3ccccc32)c2c(ccc3ccccc23)S1. The molecule has 0 saturated carbocycles. The number of nitrogens with zero attached hydrogens (tertiary/aromatic N) is 1. The Bertz CT molecular complexity index is 1410. The molecular weight excluding hydrogens is 442 g/mol. The van der Waals surface area contributed by atoms with Crippen LogP contribution in [0.1, 0.15) is 23.1 Å². The van der Waals surface area contributed by atoms with Gasteiger partial charge in [0.1, 0.15) is 0 Å². The lowest BCUT2D eigenvalue weighted by Gasteiger charge is -2.32. The number of benzene rings is 4. The lowest BCUT2D eigenvalue weighted by Crippen LogP contribution is -2.33. The van der Waals surface area contributed by atoms with E-state index in [1.165, 1.54) is 53.3 Å². The summed E-state index contributed by atoms with van der Waals surface area (Å²) in [6.45, 7) is 0. The molecule has 2 nitrogen and oxygen atoms in total. The van der Waals surface area contributed by atoms with Gasteiger partial charge in [-0.3, -0.25) is 4.79 Å². The van der Waals surface area contributed by atoms with Crippen LogP contribution >= 0.6 is 23.5 Å². The Balaban J connectivity index is 1.72. The lowest BCUT2D eigenvalue weighted by molar-refractivity contribution is -0.128. The van der Waals surface area contributed by atoms with Gasteiger partial charge in [-0.05, 0) is 63.2 Å². The van der Waals surface area contributed by atoms with Gasteiger partial charge in [-0.2, -0.15) is 0 Å². The van der Waals surface area contributed by atoms with Crippen LogP contribution < -0.4 is 0 Å². The van der Waals surface area contributed by atoms with E-state index in [1.807, 2.05) is 25.9 Å². The number of hydrogen-bond donors (Lipinski definition) is 0. The molecule has 6 rings (SSSR count). The summed E-state index contributed by atoms with van der Waals surface area (Å²) in [6.07, 6.45) is 0.714. The van der Waals surface area contributed by atoms with E-state index in [0.29, 0.717) is 6.42 Å². The fraction of sp³-hybridized carbons (Fsp3) is 0.138. The molecule has 0 radical (unpaired) electrons. The first-order valence-electron chi connectivity index (χ1n) is 11.1. The Morgan fingerprint density at radius 1 is 0.788 bits per heavy atom. The molecule has 4 heteroatoms. The van der Waals surface area contributed by atoms with E-state index in [0.717, 1.165) is 0 Å². The topological polar surface area (TPSA) is 20.3 Å². The molecule has 0 fully saturated rings. The highest BCUT2D eigenvalue weighted by Crippen LogP contribution is 2.53. The smallest absolute Gasteiger partial charge is 0.235 e. The van der Waals surface area contributed by atoms with Crippen LogP contribution in [0.5, 0.6) is 0 Å². The number of amides is 1. The van der Waals surface area contributed by atoms with E-state index in [4.69, 9.17) is 0 Å². The van der Waals surface area contributed by atoms with E-state index in [-0.39, 0.29) is 11.2 Å². The van der Waals surface area contributed by atoms with Crippen LogP contribution in [0, 0.1) is 0 Å². The standard InChI is InChI=1S/C29H23NOS2/c1-30(2)29(31)26-17-22(28-19-10-4-3-9-18(19)15-16-25(28)33-26)27-20-11-5-7-13-23(20)32-24-14-8-6-12-21(24)27/h3-16,26H,17H2,1-2H3/t26-/m0/s1. The van der Waals surface area contributed by atoms with Gasteiger partial charge in [0.2, 0.25) is 5.91 Å². The van der Waals surface area contributed by atoms with Gasteiger partial charge in [0.15, 0.2) is 0 Å². The van der Waals surface area contributed by atoms with Gasteiger partial charge >= 0.3 is 0 Å². The highest BCUT2D eigenvalue weighted by molar-refractivity contribution is 8.00. The largest absolute Gasteiger partial charge is 0.348 e. The molecule has 4 aromatic carbocycles. The summed E-state index contributed by atoms with van der Waals surface area (Å²) in [6, 6.07) is 30.3. The highest BCUT2D eigenvalue weighted by atomic mass is 32.2. The minimum absolute atomic E-state index is 0.134. The maximum Gasteiger partial charge on any atom is 0.235 e. The summed E-state index contributed by atoms with van der Waals surface area (Å²) in [5.41, 5.74) is 6.36. The zero-order valence-corrected chi connectivity index (χ0v) is 20.2. The maximum atomic E-state index is 13.2. The van der Waals surface area contributed by atoms with Crippen molar-refractivity contribution in [3.63, 3.8) is 0 Å². The monoisotopic (exact) mass is 465 g/mol. The van der Waals surface area contributed by atoms with Crippen molar-refractivity contribution in [3.05, 3.63) is 102 Å². The van der Waals surface area contributed by atoms with Gasteiger partial charge in [-0.25, -0.2) is 0 Å². The van der Waals surface area contributed by atoms with Crippen molar-refractivity contribution in [2.24, 2.45) is 0 Å². The molecule has 33 heavy (non-hydrogen) atoms. The average Bonchev–Trinajstić information content (AvgIpc) is 2.86. The number of fused-ring (bicyclic) bond motifs is 5. The molecule has 0 unspecified atom stereocenters. The molecule has 0 N–H and O–H groups in total. The number of rotatable bonds is 1. The number of allylic oxidation sites excluding steroid dienone is 1. The zero-order chi connectivity index (χ0) is 22.5. The average molecular weight is 466 g/mol. The second kappa shape index (κ2) is 8.12.